The minimum absolute atomic E-state index is 0.0117. The van der Waals surface area contributed by atoms with Gasteiger partial charge in [0.25, 0.3) is 0 Å². The van der Waals surface area contributed by atoms with Gasteiger partial charge >= 0.3 is 5.97 Å². The van der Waals surface area contributed by atoms with Crippen molar-refractivity contribution in [3.05, 3.63) is 48.0 Å². The molecule has 4 atom stereocenters. The average molecular weight is 519 g/mol. The van der Waals surface area contributed by atoms with E-state index in [0.717, 1.165) is 0 Å². The number of aromatic amines is 1. The van der Waals surface area contributed by atoms with E-state index in [1.165, 1.54) is 36.8 Å². The number of nitrogens with zero attached hydrogens (tertiary/aromatic N) is 1. The fourth-order valence-corrected chi connectivity index (χ4v) is 3.53. The number of aliphatic hydroxyl groups is 1. The zero-order chi connectivity index (χ0) is 27.5. The first-order valence-corrected chi connectivity index (χ1v) is 11.8. The molecule has 202 valence electrons. The standard InChI is InChI=1S/C24H34N6O7/c1-13(2)7-17(25)21(33)30-20(11-31)23(35)28-18(9-15-10-26-12-27-15)22(34)29-19(24(36)37)8-14-3-5-16(32)6-4-14/h3-6,10,12-13,17-20,31-32H,7-9,11,25H2,1-2H3,(H,26,27)(H,28,35)(H,29,34)(H,30,33)(H,36,37). The van der Waals surface area contributed by atoms with Crippen LogP contribution in [0.5, 0.6) is 5.75 Å². The van der Waals surface area contributed by atoms with Crippen molar-refractivity contribution in [1.82, 2.24) is 25.9 Å². The number of hydrogen-bond acceptors (Lipinski definition) is 8. The topological polar surface area (TPSA) is 220 Å². The lowest BCUT2D eigenvalue weighted by molar-refractivity contribution is -0.142. The van der Waals surface area contributed by atoms with Gasteiger partial charge in [0.05, 0.1) is 19.0 Å². The molecule has 0 spiro atoms. The quantitative estimate of drug-likeness (QED) is 0.150. The highest BCUT2D eigenvalue weighted by Crippen LogP contribution is 2.12. The number of carboxylic acids is 1. The number of H-pyrrole nitrogens is 1. The first-order valence-electron chi connectivity index (χ1n) is 11.8. The summed E-state index contributed by atoms with van der Waals surface area (Å²) < 4.78 is 0. The fraction of sp³-hybridized carbons (Fsp3) is 0.458. The molecule has 1 aromatic heterocycles. The molecule has 2 rings (SSSR count). The number of rotatable bonds is 14. The molecule has 2 aromatic rings. The summed E-state index contributed by atoms with van der Waals surface area (Å²) in [7, 11) is 0. The smallest absolute Gasteiger partial charge is 0.326 e. The van der Waals surface area contributed by atoms with Gasteiger partial charge in [0, 0.05) is 24.7 Å². The van der Waals surface area contributed by atoms with Crippen molar-refractivity contribution in [3.8, 4) is 5.75 Å². The van der Waals surface area contributed by atoms with E-state index in [2.05, 4.69) is 25.9 Å². The van der Waals surface area contributed by atoms with Crippen molar-refractivity contribution < 1.29 is 34.5 Å². The Morgan fingerprint density at radius 1 is 0.946 bits per heavy atom. The lowest BCUT2D eigenvalue weighted by Crippen LogP contribution is -2.58. The molecule has 1 aromatic carbocycles. The van der Waals surface area contributed by atoms with Crippen LogP contribution in [0.25, 0.3) is 0 Å². The molecule has 4 unspecified atom stereocenters. The van der Waals surface area contributed by atoms with Crippen molar-refractivity contribution in [1.29, 1.82) is 0 Å². The number of benzene rings is 1. The highest BCUT2D eigenvalue weighted by atomic mass is 16.4. The molecule has 3 amide bonds. The van der Waals surface area contributed by atoms with Gasteiger partial charge in [-0.3, -0.25) is 14.4 Å². The summed E-state index contributed by atoms with van der Waals surface area (Å²) in [5.41, 5.74) is 6.88. The van der Waals surface area contributed by atoms with E-state index >= 15 is 0 Å². The van der Waals surface area contributed by atoms with Crippen molar-refractivity contribution >= 4 is 23.7 Å². The number of nitrogens with one attached hydrogen (secondary N) is 4. The third-order valence-corrected chi connectivity index (χ3v) is 5.48. The van der Waals surface area contributed by atoms with Gasteiger partial charge < -0.3 is 42.0 Å². The zero-order valence-corrected chi connectivity index (χ0v) is 20.7. The lowest BCUT2D eigenvalue weighted by atomic mass is 10.0. The summed E-state index contributed by atoms with van der Waals surface area (Å²) in [4.78, 5) is 56.8. The monoisotopic (exact) mass is 518 g/mol. The Bertz CT molecular complexity index is 1040. The van der Waals surface area contributed by atoms with Crippen LogP contribution in [0.4, 0.5) is 0 Å². The number of nitrogens with two attached hydrogens (primary N) is 1. The van der Waals surface area contributed by atoms with Gasteiger partial charge in [-0.05, 0) is 30.0 Å². The number of carbonyl (C=O) groups is 4. The van der Waals surface area contributed by atoms with Crippen LogP contribution >= 0.6 is 0 Å². The van der Waals surface area contributed by atoms with Crippen molar-refractivity contribution in [3.63, 3.8) is 0 Å². The highest BCUT2D eigenvalue weighted by Gasteiger charge is 2.30. The third kappa shape index (κ3) is 9.54. The largest absolute Gasteiger partial charge is 0.508 e. The summed E-state index contributed by atoms with van der Waals surface area (Å²) in [6.45, 7) is 3.02. The number of hydrogen-bond donors (Lipinski definition) is 8. The first-order chi connectivity index (χ1) is 17.5. The number of amides is 3. The summed E-state index contributed by atoms with van der Waals surface area (Å²) >= 11 is 0. The van der Waals surface area contributed by atoms with E-state index in [9.17, 15) is 34.5 Å². The predicted octanol–water partition coefficient (Wildman–Crippen LogP) is -1.19. The van der Waals surface area contributed by atoms with Crippen LogP contribution in [-0.2, 0) is 32.0 Å². The van der Waals surface area contributed by atoms with Gasteiger partial charge in [-0.25, -0.2) is 9.78 Å². The van der Waals surface area contributed by atoms with Crippen LogP contribution in [0.1, 0.15) is 31.5 Å². The molecule has 1 heterocycles. The zero-order valence-electron chi connectivity index (χ0n) is 20.7. The molecule has 0 saturated carbocycles. The Morgan fingerprint density at radius 2 is 1.54 bits per heavy atom. The normalized spacial score (nSPS) is 14.3. The maximum Gasteiger partial charge on any atom is 0.326 e. The Hall–Kier alpha value is -3.97. The van der Waals surface area contributed by atoms with Crippen LogP contribution < -0.4 is 21.7 Å². The van der Waals surface area contributed by atoms with Gasteiger partial charge in [-0.1, -0.05) is 26.0 Å². The average Bonchev–Trinajstić information content (AvgIpc) is 3.35. The van der Waals surface area contributed by atoms with E-state index in [1.807, 2.05) is 13.8 Å². The Kier molecular flexibility index (Phi) is 11.0. The maximum atomic E-state index is 13.1. The van der Waals surface area contributed by atoms with Crippen molar-refractivity contribution in [2.45, 2.75) is 57.3 Å². The molecule has 0 bridgehead atoms. The number of imidazole rings is 1. The summed E-state index contributed by atoms with van der Waals surface area (Å²) in [5, 5.41) is 36.0. The Balaban J connectivity index is 2.14. The predicted molar refractivity (Wildman–Crippen MR) is 132 cm³/mol. The van der Waals surface area contributed by atoms with Gasteiger partial charge in [0.15, 0.2) is 0 Å². The molecular weight excluding hydrogens is 484 g/mol. The number of carboxylic acid groups (broad SMARTS) is 1. The SMILES string of the molecule is CC(C)CC(N)C(=O)NC(CO)C(=O)NC(Cc1cnc[nH]1)C(=O)NC(Cc1ccc(O)cc1)C(=O)O. The second-order valence-corrected chi connectivity index (χ2v) is 9.09. The van der Waals surface area contributed by atoms with Crippen LogP contribution in [-0.4, -0.2) is 79.8 Å². The minimum atomic E-state index is -1.38. The minimum Gasteiger partial charge on any atom is -0.508 e. The van der Waals surface area contributed by atoms with Gasteiger partial charge in [-0.2, -0.15) is 0 Å². The molecule has 0 aliphatic carbocycles. The molecule has 0 fully saturated rings. The number of phenolic OH excluding ortho intramolecular Hbond substituents is 1. The van der Waals surface area contributed by atoms with E-state index in [0.29, 0.717) is 17.7 Å². The second-order valence-electron chi connectivity index (χ2n) is 9.09. The van der Waals surface area contributed by atoms with E-state index < -0.39 is 54.5 Å². The van der Waals surface area contributed by atoms with Crippen LogP contribution in [0.3, 0.4) is 0 Å². The molecule has 0 radical (unpaired) electrons. The number of phenols is 1. The molecule has 37 heavy (non-hydrogen) atoms. The summed E-state index contributed by atoms with van der Waals surface area (Å²) in [6.07, 6.45) is 3.04. The Labute approximate surface area is 213 Å². The first kappa shape index (κ1) is 29.3. The molecule has 13 nitrogen and oxygen atoms in total. The van der Waals surface area contributed by atoms with Crippen LogP contribution in [0.15, 0.2) is 36.8 Å². The van der Waals surface area contributed by atoms with E-state index in [4.69, 9.17) is 5.73 Å². The summed E-state index contributed by atoms with van der Waals surface area (Å²) in [5.74, 6) is -3.43. The number of aliphatic carboxylic acids is 1. The fourth-order valence-electron chi connectivity index (χ4n) is 3.53. The third-order valence-electron chi connectivity index (χ3n) is 5.48. The number of carbonyl (C=O) groups excluding carboxylic acids is 3. The van der Waals surface area contributed by atoms with Crippen LogP contribution in [0.2, 0.25) is 0 Å². The molecule has 0 aliphatic heterocycles. The maximum absolute atomic E-state index is 13.1. The molecule has 9 N–H and O–H groups in total. The summed E-state index contributed by atoms with van der Waals surface area (Å²) in [6, 6.07) is 0.990. The lowest BCUT2D eigenvalue weighted by Gasteiger charge is -2.24. The van der Waals surface area contributed by atoms with Crippen molar-refractivity contribution in [2.75, 3.05) is 6.61 Å². The van der Waals surface area contributed by atoms with Crippen molar-refractivity contribution in [2.24, 2.45) is 11.7 Å². The molecule has 13 heteroatoms. The highest BCUT2D eigenvalue weighted by molar-refractivity contribution is 5.94. The second kappa shape index (κ2) is 13.9. The number of aliphatic hydroxyl groups excluding tert-OH is 1. The Morgan fingerprint density at radius 3 is 2.08 bits per heavy atom. The van der Waals surface area contributed by atoms with E-state index in [1.54, 1.807) is 0 Å². The van der Waals surface area contributed by atoms with Crippen LogP contribution in [0, 0.1) is 5.92 Å². The van der Waals surface area contributed by atoms with Gasteiger partial charge in [-0.15, -0.1) is 0 Å². The molecular formula is C24H34N6O7. The number of aromatic hydroxyl groups is 1. The molecule has 0 aliphatic rings. The molecule has 0 saturated heterocycles. The van der Waals surface area contributed by atoms with Gasteiger partial charge in [0.1, 0.15) is 23.9 Å². The van der Waals surface area contributed by atoms with Gasteiger partial charge in [0.2, 0.25) is 17.7 Å². The van der Waals surface area contributed by atoms with E-state index in [-0.39, 0.29) is 24.5 Å². The number of aromatic nitrogens is 2.